The van der Waals surface area contributed by atoms with Crippen LogP contribution in [0.25, 0.3) is 11.1 Å². The highest BCUT2D eigenvalue weighted by atomic mass is 16.4. The maximum Gasteiger partial charge on any atom is 0.427 e. The lowest BCUT2D eigenvalue weighted by Gasteiger charge is -2.28. The van der Waals surface area contributed by atoms with Gasteiger partial charge in [-0.15, -0.1) is 0 Å². The van der Waals surface area contributed by atoms with Crippen molar-refractivity contribution in [3.05, 3.63) is 57.8 Å². The molecule has 3 heterocycles. The highest BCUT2D eigenvalue weighted by Crippen LogP contribution is 2.24. The van der Waals surface area contributed by atoms with E-state index in [0.29, 0.717) is 30.6 Å². The molecule has 8 nitrogen and oxygen atoms in total. The molecule has 2 N–H and O–H groups in total. The maximum absolute atomic E-state index is 13.1. The Hall–Kier alpha value is -3.42. The molecule has 3 aromatic rings. The average Bonchev–Trinajstić information content (AvgIpc) is 2.97. The van der Waals surface area contributed by atoms with Crippen molar-refractivity contribution < 1.29 is 14.0 Å². The van der Waals surface area contributed by atoms with E-state index in [1.807, 2.05) is 0 Å². The number of nitrogens with zero attached hydrogens (tertiary/aromatic N) is 3. The number of fused-ring (bicyclic) bond motifs is 2. The SMILES string of the molecule is CC(=O)N1CCc2c(cncc2C(=O)n2c(=O)oc3c(N)cccc32)C1. The second-order valence-corrected chi connectivity index (χ2v) is 6.22. The predicted octanol–water partition coefficient (Wildman–Crippen LogP) is 1.16. The number of aromatic nitrogens is 2. The number of amides is 1. The van der Waals surface area contributed by atoms with Gasteiger partial charge in [-0.05, 0) is 29.7 Å². The molecule has 0 radical (unpaired) electrons. The first-order chi connectivity index (χ1) is 12.5. The summed E-state index contributed by atoms with van der Waals surface area (Å²) in [4.78, 5) is 42.8. The molecule has 26 heavy (non-hydrogen) atoms. The topological polar surface area (TPSA) is 111 Å². The lowest BCUT2D eigenvalue weighted by molar-refractivity contribution is -0.129. The number of para-hydroxylation sites is 1. The monoisotopic (exact) mass is 352 g/mol. The second-order valence-electron chi connectivity index (χ2n) is 6.22. The quantitative estimate of drug-likeness (QED) is 0.658. The molecular weight excluding hydrogens is 336 g/mol. The molecule has 0 spiro atoms. The fourth-order valence-electron chi connectivity index (χ4n) is 3.32. The van der Waals surface area contributed by atoms with Gasteiger partial charge in [0.15, 0.2) is 5.58 Å². The Morgan fingerprint density at radius 3 is 2.85 bits per heavy atom. The van der Waals surface area contributed by atoms with Crippen LogP contribution in [0.5, 0.6) is 0 Å². The molecule has 4 rings (SSSR count). The normalized spacial score (nSPS) is 13.7. The van der Waals surface area contributed by atoms with Crippen molar-refractivity contribution in [1.29, 1.82) is 0 Å². The molecule has 1 amide bonds. The molecule has 132 valence electrons. The standard InChI is InChI=1S/C18H16N4O4/c1-10(23)21-6-5-12-11(9-21)7-20-8-13(12)17(24)22-15-4-2-3-14(19)16(15)26-18(22)25/h2-4,7-8H,5-6,9,19H2,1H3. The number of carbonyl (C=O) groups excluding carboxylic acids is 2. The second kappa shape index (κ2) is 5.83. The number of hydrogen-bond donors (Lipinski definition) is 1. The molecule has 1 aliphatic rings. The molecule has 0 atom stereocenters. The molecule has 1 aromatic carbocycles. The summed E-state index contributed by atoms with van der Waals surface area (Å²) < 4.78 is 6.13. The number of nitrogens with two attached hydrogens (primary N) is 1. The zero-order valence-corrected chi connectivity index (χ0v) is 14.1. The minimum absolute atomic E-state index is 0.0279. The van der Waals surface area contributed by atoms with Crippen molar-refractivity contribution >= 4 is 28.6 Å². The minimum Gasteiger partial charge on any atom is -0.405 e. The third-order valence-corrected chi connectivity index (χ3v) is 4.66. The van der Waals surface area contributed by atoms with Crippen LogP contribution in [-0.2, 0) is 17.8 Å². The number of carbonyl (C=O) groups is 2. The number of pyridine rings is 1. The Morgan fingerprint density at radius 1 is 1.27 bits per heavy atom. The van der Waals surface area contributed by atoms with Gasteiger partial charge in [0.1, 0.15) is 5.52 Å². The molecule has 0 bridgehead atoms. The molecule has 0 saturated carbocycles. The van der Waals surface area contributed by atoms with Crippen LogP contribution < -0.4 is 11.5 Å². The molecule has 8 heteroatoms. The number of nitrogen functional groups attached to an aromatic ring is 1. The van der Waals surface area contributed by atoms with Gasteiger partial charge in [0.05, 0.1) is 11.3 Å². The van der Waals surface area contributed by atoms with Crippen LogP contribution >= 0.6 is 0 Å². The summed E-state index contributed by atoms with van der Waals surface area (Å²) >= 11 is 0. The first-order valence-corrected chi connectivity index (χ1v) is 8.13. The van der Waals surface area contributed by atoms with E-state index in [-0.39, 0.29) is 17.2 Å². The van der Waals surface area contributed by atoms with Crippen LogP contribution in [0.3, 0.4) is 0 Å². The summed E-state index contributed by atoms with van der Waals surface area (Å²) in [7, 11) is 0. The van der Waals surface area contributed by atoms with Gasteiger partial charge in [-0.2, -0.15) is 0 Å². The molecule has 1 aliphatic heterocycles. The lowest BCUT2D eigenvalue weighted by atomic mass is 9.96. The van der Waals surface area contributed by atoms with Crippen molar-refractivity contribution in [2.45, 2.75) is 19.9 Å². The number of benzene rings is 1. The van der Waals surface area contributed by atoms with Gasteiger partial charge in [0, 0.05) is 32.4 Å². The number of rotatable bonds is 1. The van der Waals surface area contributed by atoms with Crippen molar-refractivity contribution in [2.75, 3.05) is 12.3 Å². The summed E-state index contributed by atoms with van der Waals surface area (Å²) in [5.74, 6) is -1.33. The number of hydrogen-bond acceptors (Lipinski definition) is 6. The van der Waals surface area contributed by atoms with E-state index in [0.717, 1.165) is 15.7 Å². The van der Waals surface area contributed by atoms with Gasteiger partial charge in [-0.25, -0.2) is 9.36 Å². The summed E-state index contributed by atoms with van der Waals surface area (Å²) in [6, 6.07) is 4.86. The van der Waals surface area contributed by atoms with Gasteiger partial charge < -0.3 is 15.1 Å². The van der Waals surface area contributed by atoms with Crippen LogP contribution in [0.15, 0.2) is 39.8 Å². The number of anilines is 1. The highest BCUT2D eigenvalue weighted by Gasteiger charge is 2.26. The third kappa shape index (κ3) is 2.38. The van der Waals surface area contributed by atoms with Crippen molar-refractivity contribution in [3.63, 3.8) is 0 Å². The molecule has 0 fully saturated rings. The summed E-state index contributed by atoms with van der Waals surface area (Å²) in [6.45, 7) is 2.42. The average molecular weight is 352 g/mol. The highest BCUT2D eigenvalue weighted by molar-refractivity contribution is 6.03. The van der Waals surface area contributed by atoms with E-state index in [1.165, 1.54) is 13.1 Å². The Morgan fingerprint density at radius 2 is 2.08 bits per heavy atom. The lowest BCUT2D eigenvalue weighted by Crippen LogP contribution is -2.35. The minimum atomic E-state index is -0.790. The van der Waals surface area contributed by atoms with E-state index in [2.05, 4.69) is 4.98 Å². The zero-order valence-electron chi connectivity index (χ0n) is 14.1. The molecule has 0 unspecified atom stereocenters. The summed E-state index contributed by atoms with van der Waals surface area (Å²) in [5.41, 5.74) is 8.55. The Labute approximate surface area is 147 Å². The fourth-order valence-corrected chi connectivity index (χ4v) is 3.32. The summed E-state index contributed by atoms with van der Waals surface area (Å²) in [5, 5.41) is 0. The van der Waals surface area contributed by atoms with Gasteiger partial charge in [0.2, 0.25) is 5.91 Å². The predicted molar refractivity (Wildman–Crippen MR) is 93.6 cm³/mol. The van der Waals surface area contributed by atoms with Gasteiger partial charge >= 0.3 is 5.76 Å². The van der Waals surface area contributed by atoms with Crippen LogP contribution in [0.2, 0.25) is 0 Å². The van der Waals surface area contributed by atoms with Crippen molar-refractivity contribution in [1.82, 2.24) is 14.5 Å². The third-order valence-electron chi connectivity index (χ3n) is 4.66. The van der Waals surface area contributed by atoms with Crippen LogP contribution in [-0.4, -0.2) is 32.8 Å². The Balaban J connectivity index is 1.83. The van der Waals surface area contributed by atoms with E-state index in [1.54, 1.807) is 29.3 Å². The van der Waals surface area contributed by atoms with Crippen LogP contribution in [0, 0.1) is 0 Å². The van der Waals surface area contributed by atoms with E-state index < -0.39 is 11.7 Å². The van der Waals surface area contributed by atoms with E-state index in [4.69, 9.17) is 10.2 Å². The number of oxazole rings is 1. The van der Waals surface area contributed by atoms with Gasteiger partial charge in [-0.3, -0.25) is 14.6 Å². The smallest absolute Gasteiger partial charge is 0.405 e. The first-order valence-electron chi connectivity index (χ1n) is 8.13. The van der Waals surface area contributed by atoms with Crippen molar-refractivity contribution in [2.24, 2.45) is 0 Å². The van der Waals surface area contributed by atoms with Gasteiger partial charge in [0.25, 0.3) is 5.91 Å². The van der Waals surface area contributed by atoms with E-state index >= 15 is 0 Å². The molecule has 0 saturated heterocycles. The van der Waals surface area contributed by atoms with Crippen LogP contribution in [0.1, 0.15) is 28.4 Å². The Kier molecular flexibility index (Phi) is 3.61. The first kappa shape index (κ1) is 16.1. The van der Waals surface area contributed by atoms with Crippen LogP contribution in [0.4, 0.5) is 5.69 Å². The molecule has 2 aromatic heterocycles. The van der Waals surface area contributed by atoms with E-state index in [9.17, 15) is 14.4 Å². The zero-order chi connectivity index (χ0) is 18.4. The van der Waals surface area contributed by atoms with Gasteiger partial charge in [-0.1, -0.05) is 6.07 Å². The summed E-state index contributed by atoms with van der Waals surface area (Å²) in [6.07, 6.45) is 3.61. The fraction of sp³-hybridized carbons (Fsp3) is 0.222. The molecular formula is C18H16N4O4. The maximum atomic E-state index is 13.1. The largest absolute Gasteiger partial charge is 0.427 e. The Bertz CT molecular complexity index is 1110. The molecule has 0 aliphatic carbocycles. The van der Waals surface area contributed by atoms with Crippen molar-refractivity contribution in [3.8, 4) is 0 Å².